The molecule has 0 N–H and O–H groups in total. The summed E-state index contributed by atoms with van der Waals surface area (Å²) < 4.78 is 1.82. The number of hydrogen-bond donors (Lipinski definition) is 0. The van der Waals surface area contributed by atoms with Crippen LogP contribution < -0.4 is 0 Å². The molecule has 248 valence electrons. The minimum absolute atomic E-state index is 0.226. The lowest BCUT2D eigenvalue weighted by Gasteiger charge is -2.32. The van der Waals surface area contributed by atoms with Gasteiger partial charge in [0.25, 0.3) is 23.6 Å². The lowest BCUT2D eigenvalue weighted by Crippen LogP contribution is -2.43. The third-order valence-corrected chi connectivity index (χ3v) is 12.6. The van der Waals surface area contributed by atoms with E-state index in [4.69, 9.17) is 0 Å². The van der Waals surface area contributed by atoms with Crippen LogP contribution in [-0.4, -0.2) is 46.5 Å². The molecule has 0 saturated heterocycles. The predicted octanol–water partition coefficient (Wildman–Crippen LogP) is 10.6. The molecule has 7 rings (SSSR count). The zero-order chi connectivity index (χ0) is 34.0. The number of carbonyl (C=O) groups is 4. The highest BCUT2D eigenvalue weighted by atomic mass is 127. The number of rotatable bonds is 12. The Morgan fingerprint density at radius 1 is 0.521 bits per heavy atom. The van der Waals surface area contributed by atoms with Crippen molar-refractivity contribution in [3.8, 4) is 0 Å². The molecule has 2 atom stereocenters. The lowest BCUT2D eigenvalue weighted by atomic mass is 9.82. The minimum atomic E-state index is -0.229. The molecule has 6 nitrogen and oxygen atoms in total. The van der Waals surface area contributed by atoms with Crippen LogP contribution in [0.4, 0.5) is 0 Å². The highest BCUT2D eigenvalue weighted by molar-refractivity contribution is 14.1. The van der Waals surface area contributed by atoms with Crippen LogP contribution in [-0.2, 0) is 0 Å². The fourth-order valence-electron chi connectivity index (χ4n) is 8.15. The fourth-order valence-corrected chi connectivity index (χ4v) is 9.89. The van der Waals surface area contributed by atoms with Crippen LogP contribution in [0.5, 0.6) is 0 Å². The SMILES string of the molecule is CCCCC(CC)CN1C(=O)c2ccc3c4c(I)cc5c6c(ccc(c7c(I)cc(c2c37)C1=O)c64)C(=O)N(CC(CC)CCCC)C5=O. The summed E-state index contributed by atoms with van der Waals surface area (Å²) in [5, 5.41) is 6.99. The van der Waals surface area contributed by atoms with Crippen molar-refractivity contribution < 1.29 is 19.2 Å². The van der Waals surface area contributed by atoms with Gasteiger partial charge in [-0.3, -0.25) is 29.0 Å². The molecule has 0 bridgehead atoms. The van der Waals surface area contributed by atoms with Gasteiger partial charge in [0, 0.05) is 74.8 Å². The molecule has 5 aromatic carbocycles. The van der Waals surface area contributed by atoms with E-state index in [9.17, 15) is 19.2 Å². The second-order valence-electron chi connectivity index (χ2n) is 13.7. The van der Waals surface area contributed by atoms with Gasteiger partial charge < -0.3 is 0 Å². The normalized spacial score (nSPS) is 16.0. The molecule has 2 heterocycles. The summed E-state index contributed by atoms with van der Waals surface area (Å²) in [5.74, 6) is -0.374. The maximum Gasteiger partial charge on any atom is 0.261 e. The maximum absolute atomic E-state index is 14.1. The molecule has 4 amide bonds. The summed E-state index contributed by atoms with van der Waals surface area (Å²) in [6.45, 7) is 9.44. The van der Waals surface area contributed by atoms with E-state index in [0.717, 1.165) is 90.8 Å². The standard InChI is InChI=1S/C40H40I2N2O4/c1-5-9-11-21(7-3)19-43-37(45)25-15-13-23-34-30(42)18-28-32-26(38(46)44(40(28)48)20-22(8-4)12-10-6-2)16-14-24(36(32)34)33-29(41)17-27(39(43)47)31(25)35(23)33/h13-18,21-22H,5-12,19-20H2,1-4H3. The Bertz CT molecular complexity index is 2020. The Morgan fingerprint density at radius 2 is 0.896 bits per heavy atom. The van der Waals surface area contributed by atoms with Gasteiger partial charge in [0.2, 0.25) is 0 Å². The Labute approximate surface area is 308 Å². The fraction of sp³-hybridized carbons (Fsp3) is 0.400. The van der Waals surface area contributed by atoms with Gasteiger partial charge >= 0.3 is 0 Å². The summed E-state index contributed by atoms with van der Waals surface area (Å²) in [6, 6.07) is 11.6. The van der Waals surface area contributed by atoms with Crippen molar-refractivity contribution in [3.05, 3.63) is 65.8 Å². The predicted molar refractivity (Wildman–Crippen MR) is 210 cm³/mol. The van der Waals surface area contributed by atoms with Crippen molar-refractivity contribution in [1.82, 2.24) is 9.80 Å². The van der Waals surface area contributed by atoms with Crippen molar-refractivity contribution in [3.63, 3.8) is 0 Å². The molecule has 2 aliphatic heterocycles. The Balaban J connectivity index is 1.44. The van der Waals surface area contributed by atoms with Gasteiger partial charge in [0.05, 0.1) is 0 Å². The van der Waals surface area contributed by atoms with Crippen molar-refractivity contribution in [2.24, 2.45) is 11.8 Å². The van der Waals surface area contributed by atoms with Gasteiger partial charge in [-0.1, -0.05) is 78.4 Å². The lowest BCUT2D eigenvalue weighted by molar-refractivity contribution is 0.0565. The summed E-state index contributed by atoms with van der Waals surface area (Å²) in [4.78, 5) is 59.4. The zero-order valence-electron chi connectivity index (χ0n) is 28.0. The van der Waals surface area contributed by atoms with Crippen molar-refractivity contribution in [1.29, 1.82) is 0 Å². The quantitative estimate of drug-likeness (QED) is 0.0542. The maximum atomic E-state index is 14.1. The highest BCUT2D eigenvalue weighted by Gasteiger charge is 2.39. The van der Waals surface area contributed by atoms with Crippen LogP contribution in [0, 0.1) is 19.0 Å². The van der Waals surface area contributed by atoms with Crippen LogP contribution in [0.1, 0.15) is 120 Å². The van der Waals surface area contributed by atoms with Gasteiger partial charge in [0.15, 0.2) is 0 Å². The molecule has 0 aliphatic carbocycles. The molecule has 0 fully saturated rings. The van der Waals surface area contributed by atoms with Crippen molar-refractivity contribution in [2.75, 3.05) is 13.1 Å². The molecule has 0 saturated carbocycles. The van der Waals surface area contributed by atoms with Crippen LogP contribution in [0.15, 0.2) is 36.4 Å². The van der Waals surface area contributed by atoms with Crippen molar-refractivity contribution in [2.45, 2.75) is 79.1 Å². The van der Waals surface area contributed by atoms with Crippen LogP contribution >= 0.6 is 45.2 Å². The van der Waals surface area contributed by atoms with E-state index < -0.39 is 0 Å². The van der Waals surface area contributed by atoms with Gasteiger partial charge in [-0.05, 0) is 105 Å². The van der Waals surface area contributed by atoms with Crippen LogP contribution in [0.25, 0.3) is 43.1 Å². The first-order valence-corrected chi connectivity index (χ1v) is 19.6. The number of nitrogens with zero attached hydrogens (tertiary/aromatic N) is 2. The van der Waals surface area contributed by atoms with Crippen molar-refractivity contribution >= 4 is 112 Å². The van der Waals surface area contributed by atoms with Gasteiger partial charge in [-0.15, -0.1) is 0 Å². The number of benzene rings is 5. The number of imide groups is 2. The van der Waals surface area contributed by atoms with E-state index in [1.807, 2.05) is 36.4 Å². The third-order valence-electron chi connectivity index (χ3n) is 10.9. The zero-order valence-corrected chi connectivity index (χ0v) is 32.3. The Kier molecular flexibility index (Phi) is 9.19. The summed E-state index contributed by atoms with van der Waals surface area (Å²) in [6.07, 6.45) is 8.13. The molecule has 0 aromatic heterocycles. The minimum Gasteiger partial charge on any atom is -0.274 e. The molecule has 2 unspecified atom stereocenters. The number of unbranched alkanes of at least 4 members (excludes halogenated alkanes) is 2. The monoisotopic (exact) mass is 866 g/mol. The van der Waals surface area contributed by atoms with E-state index in [1.165, 1.54) is 9.80 Å². The number of halogens is 2. The first-order chi connectivity index (χ1) is 23.2. The molecule has 0 radical (unpaired) electrons. The smallest absolute Gasteiger partial charge is 0.261 e. The summed E-state index contributed by atoms with van der Waals surface area (Å²) in [7, 11) is 0. The topological polar surface area (TPSA) is 74.8 Å². The van der Waals surface area contributed by atoms with E-state index >= 15 is 0 Å². The second kappa shape index (κ2) is 13.1. The first-order valence-electron chi connectivity index (χ1n) is 17.5. The largest absolute Gasteiger partial charge is 0.274 e. The van der Waals surface area contributed by atoms with Gasteiger partial charge in [0.1, 0.15) is 0 Å². The highest BCUT2D eigenvalue weighted by Crippen LogP contribution is 2.49. The Hall–Kier alpha value is -2.86. The summed E-state index contributed by atoms with van der Waals surface area (Å²) >= 11 is 4.63. The van der Waals surface area contributed by atoms with E-state index in [2.05, 4.69) is 72.9 Å². The van der Waals surface area contributed by atoms with Crippen LogP contribution in [0.2, 0.25) is 0 Å². The number of amides is 4. The molecular formula is C40H40I2N2O4. The third kappa shape index (κ3) is 5.05. The van der Waals surface area contributed by atoms with Crippen LogP contribution in [0.3, 0.4) is 0 Å². The van der Waals surface area contributed by atoms with E-state index in [0.29, 0.717) is 46.1 Å². The molecule has 2 aliphatic rings. The van der Waals surface area contributed by atoms with E-state index in [-0.39, 0.29) is 35.5 Å². The number of carbonyl (C=O) groups excluding carboxylic acids is 4. The molecule has 48 heavy (non-hydrogen) atoms. The average Bonchev–Trinajstić information content (AvgIpc) is 3.09. The first kappa shape index (κ1) is 33.6. The number of hydrogen-bond acceptors (Lipinski definition) is 4. The molecule has 0 spiro atoms. The van der Waals surface area contributed by atoms with E-state index in [1.54, 1.807) is 0 Å². The van der Waals surface area contributed by atoms with Gasteiger partial charge in [-0.2, -0.15) is 0 Å². The summed E-state index contributed by atoms with van der Waals surface area (Å²) in [5.41, 5.74) is 2.26. The molecule has 5 aromatic rings. The molecule has 8 heteroatoms. The Morgan fingerprint density at radius 3 is 1.25 bits per heavy atom. The van der Waals surface area contributed by atoms with Gasteiger partial charge in [-0.25, -0.2) is 0 Å². The average molecular weight is 867 g/mol. The molecular weight excluding hydrogens is 826 g/mol. The number of fused-ring (bicyclic) bond motifs is 2. The second-order valence-corrected chi connectivity index (χ2v) is 16.0.